The van der Waals surface area contributed by atoms with Crippen LogP contribution in [-0.4, -0.2) is 56.2 Å². The molecule has 23 heavy (non-hydrogen) atoms. The van der Waals surface area contributed by atoms with Gasteiger partial charge in [0.15, 0.2) is 0 Å². The highest BCUT2D eigenvalue weighted by atomic mass is 35.5. The molecule has 0 atom stereocenters. The summed E-state index contributed by atoms with van der Waals surface area (Å²) in [5.41, 5.74) is 5.52. The van der Waals surface area contributed by atoms with Gasteiger partial charge in [-0.15, -0.1) is 24.8 Å². The molecule has 0 aromatic heterocycles. The number of carbonyl (C=O) groups excluding carboxylic acids is 1. The summed E-state index contributed by atoms with van der Waals surface area (Å²) in [7, 11) is 0. The Bertz CT molecular complexity index is 366. The van der Waals surface area contributed by atoms with Gasteiger partial charge in [-0.1, -0.05) is 0 Å². The lowest BCUT2D eigenvalue weighted by molar-refractivity contribution is -0.137. The summed E-state index contributed by atoms with van der Waals surface area (Å²) in [4.78, 5) is 15.2. The van der Waals surface area contributed by atoms with Crippen LogP contribution in [0.15, 0.2) is 0 Å². The normalized spacial score (nSPS) is 25.1. The monoisotopic (exact) mass is 367 g/mol. The van der Waals surface area contributed by atoms with E-state index in [4.69, 9.17) is 10.5 Å². The molecule has 3 rings (SSSR count). The first-order chi connectivity index (χ1) is 10.2. The van der Waals surface area contributed by atoms with E-state index in [1.807, 2.05) is 0 Å². The molecule has 1 aliphatic carbocycles. The second kappa shape index (κ2) is 9.42. The zero-order valence-electron chi connectivity index (χ0n) is 13.8. The molecule has 0 aromatic carbocycles. The van der Waals surface area contributed by atoms with Crippen LogP contribution in [0.5, 0.6) is 0 Å². The second-order valence-corrected chi connectivity index (χ2v) is 7.09. The van der Waals surface area contributed by atoms with E-state index in [1.165, 1.54) is 19.4 Å². The van der Waals surface area contributed by atoms with Crippen LogP contribution in [0, 0.1) is 11.3 Å². The maximum Gasteiger partial charge on any atom is 0.227 e. The Morgan fingerprint density at radius 2 is 1.74 bits per heavy atom. The van der Waals surface area contributed by atoms with Crippen LogP contribution in [0.3, 0.4) is 0 Å². The van der Waals surface area contributed by atoms with Crippen molar-refractivity contribution < 1.29 is 9.53 Å². The Morgan fingerprint density at radius 1 is 1.13 bits per heavy atom. The van der Waals surface area contributed by atoms with E-state index in [0.29, 0.717) is 25.8 Å². The molecule has 2 heterocycles. The number of nitrogens with zero attached hydrogens (tertiary/aromatic N) is 1. The highest BCUT2D eigenvalue weighted by molar-refractivity contribution is 5.85. The summed E-state index contributed by atoms with van der Waals surface area (Å²) >= 11 is 0. The van der Waals surface area contributed by atoms with Gasteiger partial charge in [-0.2, -0.15) is 0 Å². The van der Waals surface area contributed by atoms with Crippen molar-refractivity contribution in [3.63, 3.8) is 0 Å². The third kappa shape index (κ3) is 5.46. The lowest BCUT2D eigenvalue weighted by atomic mass is 9.79. The number of halogens is 2. The number of piperidine rings is 1. The predicted molar refractivity (Wildman–Crippen MR) is 96.4 cm³/mol. The SMILES string of the molecule is Cl.Cl.NCC1(C(=O)NC2CCN(CC3CC3)CC2)CCOCC1. The zero-order chi connectivity index (χ0) is 14.7. The first-order valence-corrected chi connectivity index (χ1v) is 8.53. The third-order valence-electron chi connectivity index (χ3n) is 5.46. The van der Waals surface area contributed by atoms with Crippen molar-refractivity contribution in [2.24, 2.45) is 17.1 Å². The number of nitrogens with one attached hydrogen (secondary N) is 1. The van der Waals surface area contributed by atoms with Gasteiger partial charge in [0.05, 0.1) is 5.41 Å². The van der Waals surface area contributed by atoms with Crippen molar-refractivity contribution in [1.29, 1.82) is 0 Å². The van der Waals surface area contributed by atoms with Crippen LogP contribution in [-0.2, 0) is 9.53 Å². The maximum atomic E-state index is 12.6. The molecule has 3 N–H and O–H groups in total. The summed E-state index contributed by atoms with van der Waals surface area (Å²) in [5, 5.41) is 3.27. The van der Waals surface area contributed by atoms with Gasteiger partial charge in [-0.3, -0.25) is 4.79 Å². The van der Waals surface area contributed by atoms with E-state index in [2.05, 4.69) is 10.2 Å². The number of hydrogen-bond acceptors (Lipinski definition) is 4. The standard InChI is InChI=1S/C16H29N3O2.2ClH/c17-12-16(5-9-21-10-6-16)15(20)18-14-3-7-19(8-4-14)11-13-1-2-13;;/h13-14H,1-12,17H2,(H,18,20);2*1H. The molecule has 7 heteroatoms. The molecule has 3 aliphatic rings. The summed E-state index contributed by atoms with van der Waals surface area (Å²) in [6.07, 6.45) is 6.51. The van der Waals surface area contributed by atoms with Crippen molar-refractivity contribution in [2.45, 2.75) is 44.6 Å². The summed E-state index contributed by atoms with van der Waals surface area (Å²) < 4.78 is 5.38. The number of carbonyl (C=O) groups is 1. The number of hydrogen-bond donors (Lipinski definition) is 2. The van der Waals surface area contributed by atoms with Crippen LogP contribution < -0.4 is 11.1 Å². The molecule has 1 saturated carbocycles. The highest BCUT2D eigenvalue weighted by Gasteiger charge is 2.39. The fraction of sp³-hybridized carbons (Fsp3) is 0.938. The van der Waals surface area contributed by atoms with Crippen molar-refractivity contribution in [3.8, 4) is 0 Å². The fourth-order valence-corrected chi connectivity index (χ4v) is 3.55. The summed E-state index contributed by atoms with van der Waals surface area (Å²) in [5.74, 6) is 1.12. The molecular formula is C16H31Cl2N3O2. The van der Waals surface area contributed by atoms with Crippen LogP contribution in [0.1, 0.15) is 38.5 Å². The topological polar surface area (TPSA) is 67.6 Å². The molecule has 0 unspecified atom stereocenters. The van der Waals surface area contributed by atoms with E-state index in [0.717, 1.165) is 44.7 Å². The van der Waals surface area contributed by atoms with Gasteiger partial charge in [0, 0.05) is 45.4 Å². The third-order valence-corrected chi connectivity index (χ3v) is 5.46. The second-order valence-electron chi connectivity index (χ2n) is 7.09. The molecule has 2 saturated heterocycles. The van der Waals surface area contributed by atoms with Crippen LogP contribution in [0.25, 0.3) is 0 Å². The minimum atomic E-state index is -0.386. The van der Waals surface area contributed by atoms with Crippen molar-refractivity contribution >= 4 is 30.7 Å². The lowest BCUT2D eigenvalue weighted by Gasteiger charge is -2.38. The molecule has 0 radical (unpaired) electrons. The van der Waals surface area contributed by atoms with Crippen molar-refractivity contribution in [2.75, 3.05) is 39.4 Å². The average Bonchev–Trinajstić information content (AvgIpc) is 3.34. The Balaban J connectivity index is 0.00000132. The van der Waals surface area contributed by atoms with E-state index in [-0.39, 0.29) is 36.1 Å². The van der Waals surface area contributed by atoms with E-state index in [9.17, 15) is 4.79 Å². The molecule has 0 spiro atoms. The molecule has 2 aliphatic heterocycles. The molecule has 0 aromatic rings. The molecule has 3 fully saturated rings. The van der Waals surface area contributed by atoms with E-state index in [1.54, 1.807) is 0 Å². The molecule has 1 amide bonds. The highest BCUT2D eigenvalue weighted by Crippen LogP contribution is 2.31. The van der Waals surface area contributed by atoms with Gasteiger partial charge in [0.1, 0.15) is 0 Å². The first-order valence-electron chi connectivity index (χ1n) is 8.53. The van der Waals surface area contributed by atoms with Crippen LogP contribution in [0.2, 0.25) is 0 Å². The van der Waals surface area contributed by atoms with Gasteiger partial charge in [-0.05, 0) is 44.4 Å². The van der Waals surface area contributed by atoms with Crippen molar-refractivity contribution in [1.82, 2.24) is 10.2 Å². The average molecular weight is 368 g/mol. The fourth-order valence-electron chi connectivity index (χ4n) is 3.55. The smallest absolute Gasteiger partial charge is 0.227 e. The number of likely N-dealkylation sites (tertiary alicyclic amines) is 1. The summed E-state index contributed by atoms with van der Waals surface area (Å²) in [6.45, 7) is 5.27. The Labute approximate surface area is 151 Å². The number of rotatable bonds is 5. The minimum absolute atomic E-state index is 0. The lowest BCUT2D eigenvalue weighted by Crippen LogP contribution is -2.53. The zero-order valence-corrected chi connectivity index (χ0v) is 15.4. The molecule has 5 nitrogen and oxygen atoms in total. The van der Waals surface area contributed by atoms with Gasteiger partial charge in [-0.25, -0.2) is 0 Å². The van der Waals surface area contributed by atoms with Gasteiger partial charge < -0.3 is 20.7 Å². The first kappa shape index (κ1) is 21.0. The van der Waals surface area contributed by atoms with E-state index >= 15 is 0 Å². The van der Waals surface area contributed by atoms with E-state index < -0.39 is 0 Å². The predicted octanol–water partition coefficient (Wildman–Crippen LogP) is 1.58. The Morgan fingerprint density at radius 3 is 2.26 bits per heavy atom. The molecule has 0 bridgehead atoms. The largest absolute Gasteiger partial charge is 0.381 e. The Kier molecular flexibility index (Phi) is 8.59. The summed E-state index contributed by atoms with van der Waals surface area (Å²) in [6, 6.07) is 0.333. The number of nitrogens with two attached hydrogens (primary N) is 1. The van der Waals surface area contributed by atoms with Gasteiger partial charge >= 0.3 is 0 Å². The number of amides is 1. The number of ether oxygens (including phenoxy) is 1. The van der Waals surface area contributed by atoms with Crippen LogP contribution in [0.4, 0.5) is 0 Å². The van der Waals surface area contributed by atoms with Crippen LogP contribution >= 0.6 is 24.8 Å². The molecule has 136 valence electrons. The molecular weight excluding hydrogens is 337 g/mol. The quantitative estimate of drug-likeness (QED) is 0.773. The maximum absolute atomic E-state index is 12.6. The van der Waals surface area contributed by atoms with Gasteiger partial charge in [0.25, 0.3) is 0 Å². The Hall–Kier alpha value is -0.0700. The van der Waals surface area contributed by atoms with Crippen molar-refractivity contribution in [3.05, 3.63) is 0 Å². The van der Waals surface area contributed by atoms with Gasteiger partial charge in [0.2, 0.25) is 5.91 Å². The minimum Gasteiger partial charge on any atom is -0.381 e.